The number of nitrogens with one attached hydrogen (secondary N) is 1. The highest BCUT2D eigenvalue weighted by Gasteiger charge is 2.24. The third kappa shape index (κ3) is 2.83. The average molecular weight is 356 g/mol. The largest absolute Gasteiger partial charge is 0.390 e. The van der Waals surface area contributed by atoms with E-state index in [0.717, 1.165) is 25.1 Å². The minimum Gasteiger partial charge on any atom is -0.390 e. The van der Waals surface area contributed by atoms with Crippen LogP contribution in [-0.4, -0.2) is 31.3 Å². The summed E-state index contributed by atoms with van der Waals surface area (Å²) in [5.74, 6) is -0.422. The Bertz CT molecular complexity index is 1020. The molecule has 1 aliphatic heterocycles. The van der Waals surface area contributed by atoms with Gasteiger partial charge in [0.1, 0.15) is 5.82 Å². The summed E-state index contributed by atoms with van der Waals surface area (Å²) in [4.78, 5) is 17.5. The molecule has 3 heterocycles. The van der Waals surface area contributed by atoms with Crippen LogP contribution in [0.4, 0.5) is 4.39 Å². The van der Waals surface area contributed by atoms with Crippen molar-refractivity contribution >= 4 is 10.9 Å². The topological polar surface area (TPSA) is 74.2 Å². The molecule has 3 aromatic rings. The van der Waals surface area contributed by atoms with Gasteiger partial charge >= 0.3 is 0 Å². The monoisotopic (exact) mass is 356 g/mol. The molecule has 136 valence electrons. The number of H-pyrrole nitrogens is 1. The Morgan fingerprint density at radius 3 is 3.00 bits per heavy atom. The molecule has 0 radical (unpaired) electrons. The van der Waals surface area contributed by atoms with Gasteiger partial charge in [-0.25, -0.2) is 4.39 Å². The fourth-order valence-corrected chi connectivity index (χ4v) is 3.76. The van der Waals surface area contributed by atoms with Crippen molar-refractivity contribution in [2.24, 2.45) is 0 Å². The van der Waals surface area contributed by atoms with Crippen LogP contribution < -0.4 is 5.43 Å². The molecule has 0 atom stereocenters. The molecule has 0 spiro atoms. The van der Waals surface area contributed by atoms with E-state index in [1.165, 1.54) is 11.8 Å². The van der Waals surface area contributed by atoms with Crippen LogP contribution in [-0.2, 0) is 32.7 Å². The number of aromatic nitrogens is 3. The number of aliphatic hydroxyl groups excluding tert-OH is 1. The van der Waals surface area contributed by atoms with Crippen molar-refractivity contribution in [3.8, 4) is 0 Å². The number of hydrogen-bond acceptors (Lipinski definition) is 4. The van der Waals surface area contributed by atoms with Gasteiger partial charge in [0.15, 0.2) is 5.43 Å². The molecule has 0 fully saturated rings. The molecule has 0 unspecified atom stereocenters. The van der Waals surface area contributed by atoms with Crippen molar-refractivity contribution in [1.82, 2.24) is 19.7 Å². The predicted octanol–water partition coefficient (Wildman–Crippen LogP) is 1.93. The smallest absolute Gasteiger partial charge is 0.189 e. The van der Waals surface area contributed by atoms with Gasteiger partial charge in [-0.05, 0) is 19.1 Å². The van der Waals surface area contributed by atoms with E-state index in [-0.39, 0.29) is 17.6 Å². The van der Waals surface area contributed by atoms with Gasteiger partial charge in [0.2, 0.25) is 0 Å². The molecule has 0 saturated heterocycles. The van der Waals surface area contributed by atoms with Crippen LogP contribution in [0.15, 0.2) is 29.1 Å². The second kappa shape index (κ2) is 6.66. The zero-order chi connectivity index (χ0) is 18.3. The first-order chi connectivity index (χ1) is 12.6. The summed E-state index contributed by atoms with van der Waals surface area (Å²) in [5.41, 5.74) is 3.71. The summed E-state index contributed by atoms with van der Waals surface area (Å²) in [5, 5.41) is 14.4. The lowest BCUT2D eigenvalue weighted by Gasteiger charge is -2.27. The number of aliphatic hydroxyl groups is 1. The van der Waals surface area contributed by atoms with Gasteiger partial charge in [0.25, 0.3) is 0 Å². The van der Waals surface area contributed by atoms with Crippen LogP contribution in [0.25, 0.3) is 10.9 Å². The minimum absolute atomic E-state index is 0.0822. The predicted molar refractivity (Wildman–Crippen MR) is 96.2 cm³/mol. The Balaban J connectivity index is 1.63. The third-order valence-electron chi connectivity index (χ3n) is 5.01. The second-order valence-corrected chi connectivity index (χ2v) is 6.63. The molecular formula is C19H21FN4O2. The maximum atomic E-state index is 14.0. The van der Waals surface area contributed by atoms with Crippen LogP contribution in [0.1, 0.15) is 29.6 Å². The average Bonchev–Trinajstić information content (AvgIpc) is 3.00. The lowest BCUT2D eigenvalue weighted by molar-refractivity contribution is 0.234. The Morgan fingerprint density at radius 1 is 1.38 bits per heavy atom. The van der Waals surface area contributed by atoms with Crippen molar-refractivity contribution in [2.45, 2.75) is 39.6 Å². The lowest BCUT2D eigenvalue weighted by Crippen LogP contribution is -2.31. The zero-order valence-electron chi connectivity index (χ0n) is 14.6. The molecule has 0 saturated carbocycles. The van der Waals surface area contributed by atoms with E-state index in [4.69, 9.17) is 0 Å². The molecule has 4 rings (SSSR count). The molecule has 2 N–H and O–H groups in total. The number of benzene rings is 1. The highest BCUT2D eigenvalue weighted by molar-refractivity contribution is 5.78. The SMILES string of the molecule is CCn1nc(CO)c2c1CCN(Cc1cc(=O)c3cccc(F)c3[nH]1)C2. The van der Waals surface area contributed by atoms with Gasteiger partial charge in [0, 0.05) is 61.0 Å². The molecule has 7 heteroatoms. The van der Waals surface area contributed by atoms with Gasteiger partial charge in [-0.3, -0.25) is 14.4 Å². The van der Waals surface area contributed by atoms with Crippen LogP contribution in [0.3, 0.4) is 0 Å². The fourth-order valence-electron chi connectivity index (χ4n) is 3.76. The number of para-hydroxylation sites is 1. The maximum absolute atomic E-state index is 14.0. The molecular weight excluding hydrogens is 335 g/mol. The Morgan fingerprint density at radius 2 is 2.23 bits per heavy atom. The number of aromatic amines is 1. The van der Waals surface area contributed by atoms with Gasteiger partial charge in [-0.2, -0.15) is 5.10 Å². The molecule has 6 nitrogen and oxygen atoms in total. The van der Waals surface area contributed by atoms with E-state index in [1.807, 2.05) is 11.6 Å². The van der Waals surface area contributed by atoms with E-state index in [1.54, 1.807) is 18.2 Å². The summed E-state index contributed by atoms with van der Waals surface area (Å²) >= 11 is 0. The third-order valence-corrected chi connectivity index (χ3v) is 5.01. The Kier molecular flexibility index (Phi) is 4.34. The van der Waals surface area contributed by atoms with E-state index in [9.17, 15) is 14.3 Å². The van der Waals surface area contributed by atoms with Crippen molar-refractivity contribution in [2.75, 3.05) is 6.54 Å². The van der Waals surface area contributed by atoms with Gasteiger partial charge < -0.3 is 10.1 Å². The fraction of sp³-hybridized carbons (Fsp3) is 0.368. The summed E-state index contributed by atoms with van der Waals surface area (Å²) in [6.07, 6.45) is 0.836. The summed E-state index contributed by atoms with van der Waals surface area (Å²) in [6.45, 7) is 4.72. The molecule has 0 bridgehead atoms. The highest BCUT2D eigenvalue weighted by atomic mass is 19.1. The molecule has 0 amide bonds. The Hall–Kier alpha value is -2.51. The first kappa shape index (κ1) is 16.9. The second-order valence-electron chi connectivity index (χ2n) is 6.63. The van der Waals surface area contributed by atoms with Crippen molar-refractivity contribution in [3.05, 3.63) is 63.0 Å². The first-order valence-electron chi connectivity index (χ1n) is 8.81. The van der Waals surface area contributed by atoms with Crippen LogP contribution in [0.2, 0.25) is 0 Å². The normalized spacial score (nSPS) is 14.7. The van der Waals surface area contributed by atoms with E-state index < -0.39 is 5.82 Å². The van der Waals surface area contributed by atoms with Gasteiger partial charge in [-0.1, -0.05) is 6.07 Å². The zero-order valence-corrected chi connectivity index (χ0v) is 14.6. The van der Waals surface area contributed by atoms with Crippen LogP contribution in [0, 0.1) is 5.82 Å². The Labute approximate surface area is 149 Å². The number of fused-ring (bicyclic) bond motifs is 2. The highest BCUT2D eigenvalue weighted by Crippen LogP contribution is 2.24. The quantitative estimate of drug-likeness (QED) is 0.749. The van der Waals surface area contributed by atoms with Crippen molar-refractivity contribution in [1.29, 1.82) is 0 Å². The summed E-state index contributed by atoms with van der Waals surface area (Å²) in [6, 6.07) is 6.06. The number of aryl methyl sites for hydroxylation is 1. The number of pyridine rings is 1. The standard InChI is InChI=1S/C19H21FN4O2/c1-2-24-17-6-7-23(10-14(17)16(11-25)22-24)9-12-8-18(26)13-4-3-5-15(20)19(13)21-12/h3-5,8,25H,2,6-7,9-11H2,1H3,(H,21,26). The van der Waals surface area contributed by atoms with E-state index in [2.05, 4.69) is 15.0 Å². The molecule has 26 heavy (non-hydrogen) atoms. The molecule has 2 aromatic heterocycles. The minimum atomic E-state index is -0.422. The van der Waals surface area contributed by atoms with E-state index in [0.29, 0.717) is 29.9 Å². The number of hydrogen-bond donors (Lipinski definition) is 2. The molecule has 1 aromatic carbocycles. The van der Waals surface area contributed by atoms with Crippen molar-refractivity contribution < 1.29 is 9.50 Å². The number of halogens is 1. The molecule has 1 aliphatic rings. The van der Waals surface area contributed by atoms with Crippen LogP contribution in [0.5, 0.6) is 0 Å². The summed E-state index contributed by atoms with van der Waals surface area (Å²) < 4.78 is 16.0. The molecule has 0 aliphatic carbocycles. The van der Waals surface area contributed by atoms with Crippen LogP contribution >= 0.6 is 0 Å². The van der Waals surface area contributed by atoms with Gasteiger partial charge in [0.05, 0.1) is 17.8 Å². The van der Waals surface area contributed by atoms with E-state index >= 15 is 0 Å². The van der Waals surface area contributed by atoms with Crippen molar-refractivity contribution in [3.63, 3.8) is 0 Å². The number of nitrogens with zero attached hydrogens (tertiary/aromatic N) is 3. The first-order valence-corrected chi connectivity index (χ1v) is 8.81. The summed E-state index contributed by atoms with van der Waals surface area (Å²) in [7, 11) is 0. The lowest BCUT2D eigenvalue weighted by atomic mass is 10.0. The maximum Gasteiger partial charge on any atom is 0.189 e. The number of rotatable bonds is 4. The van der Waals surface area contributed by atoms with Gasteiger partial charge in [-0.15, -0.1) is 0 Å².